The van der Waals surface area contributed by atoms with E-state index in [2.05, 4.69) is 29.1 Å². The number of H-pyrrole nitrogens is 1. The smallest absolute Gasteiger partial charge is 0.106 e. The molecule has 86 valence electrons. The quantitative estimate of drug-likeness (QED) is 0.638. The van der Waals surface area contributed by atoms with E-state index in [1.165, 1.54) is 0 Å². The first-order chi connectivity index (χ1) is 7.29. The van der Waals surface area contributed by atoms with E-state index in [9.17, 15) is 0 Å². The fraction of sp³-hybridized carbons (Fsp3) is 0.727. The second-order valence-corrected chi connectivity index (χ2v) is 3.81. The standard InChI is InChI=1S/C11H21N3O/c1-10(2)15-9-8-12-5-3-4-11-13-6-7-14-11/h6-7,10,12H,3-5,8-9H2,1-2H3,(H,13,14). The van der Waals surface area contributed by atoms with Crippen LogP contribution in [0.2, 0.25) is 0 Å². The zero-order chi connectivity index (χ0) is 10.9. The number of nitrogens with one attached hydrogen (secondary N) is 2. The highest BCUT2D eigenvalue weighted by molar-refractivity contribution is 4.86. The Balaban J connectivity index is 1.85. The van der Waals surface area contributed by atoms with Crippen LogP contribution in [0.15, 0.2) is 12.4 Å². The summed E-state index contributed by atoms with van der Waals surface area (Å²) in [6, 6.07) is 0. The van der Waals surface area contributed by atoms with Gasteiger partial charge >= 0.3 is 0 Å². The molecule has 0 saturated carbocycles. The average molecular weight is 211 g/mol. The molecule has 1 rings (SSSR count). The van der Waals surface area contributed by atoms with Gasteiger partial charge < -0.3 is 15.0 Å². The molecule has 0 fully saturated rings. The van der Waals surface area contributed by atoms with Gasteiger partial charge in [0.05, 0.1) is 12.7 Å². The first-order valence-corrected chi connectivity index (χ1v) is 5.59. The zero-order valence-corrected chi connectivity index (χ0v) is 9.62. The monoisotopic (exact) mass is 211 g/mol. The lowest BCUT2D eigenvalue weighted by Gasteiger charge is -2.07. The van der Waals surface area contributed by atoms with Crippen molar-refractivity contribution in [3.05, 3.63) is 18.2 Å². The molecule has 0 aliphatic carbocycles. The molecule has 1 aromatic heterocycles. The third kappa shape index (κ3) is 6.25. The van der Waals surface area contributed by atoms with Crippen molar-refractivity contribution >= 4 is 0 Å². The van der Waals surface area contributed by atoms with Gasteiger partial charge in [0.15, 0.2) is 0 Å². The predicted molar refractivity (Wildman–Crippen MR) is 60.9 cm³/mol. The minimum absolute atomic E-state index is 0.329. The highest BCUT2D eigenvalue weighted by atomic mass is 16.5. The number of aromatic amines is 1. The number of nitrogens with zero attached hydrogens (tertiary/aromatic N) is 1. The van der Waals surface area contributed by atoms with Crippen molar-refractivity contribution in [2.24, 2.45) is 0 Å². The number of aromatic nitrogens is 2. The normalized spacial score (nSPS) is 11.1. The first-order valence-electron chi connectivity index (χ1n) is 5.59. The van der Waals surface area contributed by atoms with Crippen LogP contribution in [0.3, 0.4) is 0 Å². The lowest BCUT2D eigenvalue weighted by atomic mass is 10.3. The fourth-order valence-electron chi connectivity index (χ4n) is 1.31. The van der Waals surface area contributed by atoms with E-state index < -0.39 is 0 Å². The summed E-state index contributed by atoms with van der Waals surface area (Å²) < 4.78 is 5.41. The molecule has 4 heteroatoms. The SMILES string of the molecule is CC(C)OCCNCCCc1ncc[nH]1. The first kappa shape index (κ1) is 12.2. The summed E-state index contributed by atoms with van der Waals surface area (Å²) in [5.41, 5.74) is 0. The van der Waals surface area contributed by atoms with Gasteiger partial charge in [0.25, 0.3) is 0 Å². The van der Waals surface area contributed by atoms with Crippen molar-refractivity contribution in [1.82, 2.24) is 15.3 Å². The third-order valence-corrected chi connectivity index (χ3v) is 2.05. The van der Waals surface area contributed by atoms with Crippen molar-refractivity contribution in [3.63, 3.8) is 0 Å². The summed E-state index contributed by atoms with van der Waals surface area (Å²) in [6.07, 6.45) is 6.09. The Kier molecular flexibility index (Phi) is 6.04. The largest absolute Gasteiger partial charge is 0.377 e. The number of hydrogen-bond acceptors (Lipinski definition) is 3. The van der Waals surface area contributed by atoms with Crippen LogP contribution in [0.4, 0.5) is 0 Å². The number of ether oxygens (including phenoxy) is 1. The maximum Gasteiger partial charge on any atom is 0.106 e. The molecule has 0 saturated heterocycles. The molecule has 2 N–H and O–H groups in total. The van der Waals surface area contributed by atoms with E-state index in [0.717, 1.165) is 38.4 Å². The maximum absolute atomic E-state index is 5.41. The molecular weight excluding hydrogens is 190 g/mol. The van der Waals surface area contributed by atoms with Crippen LogP contribution in [0.5, 0.6) is 0 Å². The third-order valence-electron chi connectivity index (χ3n) is 2.05. The van der Waals surface area contributed by atoms with E-state index in [1.807, 2.05) is 6.20 Å². The molecule has 0 aromatic carbocycles. The van der Waals surface area contributed by atoms with Crippen molar-refractivity contribution in [3.8, 4) is 0 Å². The van der Waals surface area contributed by atoms with Gasteiger partial charge in [-0.1, -0.05) is 0 Å². The van der Waals surface area contributed by atoms with Crippen molar-refractivity contribution in [1.29, 1.82) is 0 Å². The van der Waals surface area contributed by atoms with E-state index in [4.69, 9.17) is 4.74 Å². The topological polar surface area (TPSA) is 49.9 Å². The zero-order valence-electron chi connectivity index (χ0n) is 9.62. The summed E-state index contributed by atoms with van der Waals surface area (Å²) in [6.45, 7) is 6.84. The molecule has 0 aliphatic rings. The molecular formula is C11H21N3O. The summed E-state index contributed by atoms with van der Waals surface area (Å²) in [4.78, 5) is 7.26. The van der Waals surface area contributed by atoms with Crippen LogP contribution >= 0.6 is 0 Å². The van der Waals surface area contributed by atoms with E-state index in [-0.39, 0.29) is 0 Å². The van der Waals surface area contributed by atoms with E-state index >= 15 is 0 Å². The second kappa shape index (κ2) is 7.43. The number of aryl methyl sites for hydroxylation is 1. The van der Waals surface area contributed by atoms with Gasteiger partial charge in [0, 0.05) is 25.4 Å². The highest BCUT2D eigenvalue weighted by Gasteiger charge is 1.95. The van der Waals surface area contributed by atoms with Gasteiger partial charge in [-0.25, -0.2) is 4.98 Å². The lowest BCUT2D eigenvalue weighted by molar-refractivity contribution is 0.0809. The Labute approximate surface area is 91.4 Å². The van der Waals surface area contributed by atoms with E-state index in [1.54, 1.807) is 6.20 Å². The van der Waals surface area contributed by atoms with Gasteiger partial charge in [0.2, 0.25) is 0 Å². The summed E-state index contributed by atoms with van der Waals surface area (Å²) in [5, 5.41) is 3.34. The molecule has 1 heterocycles. The molecule has 0 spiro atoms. The molecule has 0 radical (unpaired) electrons. The molecule has 0 aliphatic heterocycles. The summed E-state index contributed by atoms with van der Waals surface area (Å²) in [7, 11) is 0. The number of imidazole rings is 1. The molecule has 0 bridgehead atoms. The van der Waals surface area contributed by atoms with Gasteiger partial charge in [-0.2, -0.15) is 0 Å². The fourth-order valence-corrected chi connectivity index (χ4v) is 1.31. The number of hydrogen-bond donors (Lipinski definition) is 2. The van der Waals surface area contributed by atoms with Crippen molar-refractivity contribution in [2.75, 3.05) is 19.7 Å². The van der Waals surface area contributed by atoms with Crippen LogP contribution in [-0.4, -0.2) is 35.8 Å². The highest BCUT2D eigenvalue weighted by Crippen LogP contribution is 1.93. The van der Waals surface area contributed by atoms with Gasteiger partial charge in [-0.15, -0.1) is 0 Å². The Bertz CT molecular complexity index is 234. The molecule has 15 heavy (non-hydrogen) atoms. The van der Waals surface area contributed by atoms with Gasteiger partial charge in [0.1, 0.15) is 5.82 Å². The Morgan fingerprint density at radius 1 is 1.47 bits per heavy atom. The summed E-state index contributed by atoms with van der Waals surface area (Å²) >= 11 is 0. The van der Waals surface area contributed by atoms with Crippen LogP contribution in [0.1, 0.15) is 26.1 Å². The Morgan fingerprint density at radius 2 is 2.33 bits per heavy atom. The molecule has 4 nitrogen and oxygen atoms in total. The molecule has 0 unspecified atom stereocenters. The van der Waals surface area contributed by atoms with E-state index in [0.29, 0.717) is 6.10 Å². The summed E-state index contributed by atoms with van der Waals surface area (Å²) in [5.74, 6) is 1.07. The maximum atomic E-state index is 5.41. The van der Waals surface area contributed by atoms with Crippen LogP contribution < -0.4 is 5.32 Å². The molecule has 1 aromatic rings. The predicted octanol–water partition coefficient (Wildman–Crippen LogP) is 1.36. The molecule has 0 amide bonds. The lowest BCUT2D eigenvalue weighted by Crippen LogP contribution is -2.22. The Morgan fingerprint density at radius 3 is 3.00 bits per heavy atom. The number of rotatable bonds is 8. The minimum atomic E-state index is 0.329. The van der Waals surface area contributed by atoms with Gasteiger partial charge in [-0.3, -0.25) is 0 Å². The molecule has 0 atom stereocenters. The van der Waals surface area contributed by atoms with Crippen LogP contribution in [-0.2, 0) is 11.2 Å². The van der Waals surface area contributed by atoms with Gasteiger partial charge in [-0.05, 0) is 26.8 Å². The second-order valence-electron chi connectivity index (χ2n) is 3.81. The van der Waals surface area contributed by atoms with Crippen LogP contribution in [0.25, 0.3) is 0 Å². The Hall–Kier alpha value is -0.870. The minimum Gasteiger partial charge on any atom is -0.377 e. The average Bonchev–Trinajstić information content (AvgIpc) is 2.68. The van der Waals surface area contributed by atoms with Crippen molar-refractivity contribution < 1.29 is 4.74 Å². The van der Waals surface area contributed by atoms with Crippen molar-refractivity contribution in [2.45, 2.75) is 32.8 Å². The van der Waals surface area contributed by atoms with Crippen LogP contribution in [0, 0.1) is 0 Å².